The van der Waals surface area contributed by atoms with Gasteiger partial charge in [-0.25, -0.2) is 12.4 Å². The minimum absolute atomic E-state index is 0.0233. The summed E-state index contributed by atoms with van der Waals surface area (Å²) in [6.07, 6.45) is 1.34. The molecule has 1 aliphatic heterocycles. The van der Waals surface area contributed by atoms with Crippen LogP contribution in [0, 0.1) is 0 Å². The molecule has 2 heterocycles. The van der Waals surface area contributed by atoms with Crippen LogP contribution in [0.2, 0.25) is 5.02 Å². The van der Waals surface area contributed by atoms with Crippen molar-refractivity contribution < 1.29 is 13.2 Å². The number of benzene rings is 1. The summed E-state index contributed by atoms with van der Waals surface area (Å²) in [7, 11) is -3.77. The van der Waals surface area contributed by atoms with Crippen LogP contribution in [0.25, 0.3) is 0 Å². The molecule has 0 unspecified atom stereocenters. The summed E-state index contributed by atoms with van der Waals surface area (Å²) in [5.74, 6) is -0.482. The first-order chi connectivity index (χ1) is 8.50. The molecule has 7 heteroatoms. The van der Waals surface area contributed by atoms with Crippen LogP contribution in [0.3, 0.4) is 0 Å². The fraction of sp³-hybridized carbons (Fsp3) is 0. The van der Waals surface area contributed by atoms with Gasteiger partial charge >= 0.3 is 0 Å². The molecule has 5 nitrogen and oxygen atoms in total. The molecule has 0 saturated carbocycles. The molecule has 0 aliphatic carbocycles. The third-order valence-electron chi connectivity index (χ3n) is 2.67. The molecule has 0 bridgehead atoms. The Morgan fingerprint density at radius 2 is 2.00 bits per heavy atom. The molecule has 0 atom stereocenters. The number of aromatic nitrogens is 1. The lowest BCUT2D eigenvalue weighted by Gasteiger charge is -2.07. The van der Waals surface area contributed by atoms with Gasteiger partial charge in [0, 0.05) is 11.2 Å². The van der Waals surface area contributed by atoms with Gasteiger partial charge in [-0.05, 0) is 30.3 Å². The first-order valence-corrected chi connectivity index (χ1v) is 6.86. The highest BCUT2D eigenvalue weighted by Crippen LogP contribution is 2.30. The molecule has 18 heavy (non-hydrogen) atoms. The second kappa shape index (κ2) is 3.60. The largest absolute Gasteiger partial charge is 0.319 e. The molecular formula is C11H7ClN2O3S. The molecule has 0 radical (unpaired) electrons. The Balaban J connectivity index is 2.39. The van der Waals surface area contributed by atoms with Crippen molar-refractivity contribution in [3.05, 3.63) is 47.2 Å². The molecule has 2 aromatic rings. The topological polar surface area (TPSA) is 68.2 Å². The van der Waals surface area contributed by atoms with E-state index in [0.29, 0.717) is 5.02 Å². The standard InChI is InChI=1S/C11H7ClN2O3S/c12-7-3-4-10-8(6-7)13-11(15)9-2-1-5-14(9)18(10,16)17/h1-6H,(H,13,15). The van der Waals surface area contributed by atoms with Crippen LogP contribution in [-0.2, 0) is 10.0 Å². The Labute approximate surface area is 108 Å². The van der Waals surface area contributed by atoms with Crippen molar-refractivity contribution in [2.75, 3.05) is 5.32 Å². The van der Waals surface area contributed by atoms with Gasteiger partial charge in [-0.15, -0.1) is 0 Å². The van der Waals surface area contributed by atoms with E-state index in [2.05, 4.69) is 5.32 Å². The van der Waals surface area contributed by atoms with Gasteiger partial charge in [-0.1, -0.05) is 11.6 Å². The summed E-state index contributed by atoms with van der Waals surface area (Å²) in [6, 6.07) is 7.22. The lowest BCUT2D eigenvalue weighted by molar-refractivity contribution is 0.102. The number of carbonyl (C=O) groups is 1. The third-order valence-corrected chi connectivity index (χ3v) is 4.66. The van der Waals surface area contributed by atoms with E-state index in [1.165, 1.54) is 36.5 Å². The van der Waals surface area contributed by atoms with E-state index in [4.69, 9.17) is 11.6 Å². The van der Waals surface area contributed by atoms with E-state index in [1.807, 2.05) is 0 Å². The van der Waals surface area contributed by atoms with Crippen molar-refractivity contribution in [2.45, 2.75) is 4.90 Å². The Hall–Kier alpha value is -1.79. The van der Waals surface area contributed by atoms with Crippen LogP contribution < -0.4 is 5.32 Å². The second-order valence-electron chi connectivity index (χ2n) is 3.79. The first kappa shape index (κ1) is 11.3. The zero-order valence-electron chi connectivity index (χ0n) is 8.92. The number of hydrogen-bond donors (Lipinski definition) is 1. The van der Waals surface area contributed by atoms with Crippen molar-refractivity contribution >= 4 is 33.2 Å². The van der Waals surface area contributed by atoms with Crippen LogP contribution in [0.1, 0.15) is 10.5 Å². The van der Waals surface area contributed by atoms with Crippen molar-refractivity contribution in [3.63, 3.8) is 0 Å². The lowest BCUT2D eigenvalue weighted by atomic mass is 10.3. The predicted molar refractivity (Wildman–Crippen MR) is 66.4 cm³/mol. The smallest absolute Gasteiger partial charge is 0.273 e. The van der Waals surface area contributed by atoms with Crippen LogP contribution >= 0.6 is 11.6 Å². The number of anilines is 1. The number of rotatable bonds is 0. The summed E-state index contributed by atoms with van der Waals surface area (Å²) < 4.78 is 25.7. The predicted octanol–water partition coefficient (Wildman–Crippen LogP) is 1.94. The molecule has 0 saturated heterocycles. The van der Waals surface area contributed by atoms with Gasteiger partial charge in [0.15, 0.2) is 0 Å². The van der Waals surface area contributed by atoms with E-state index in [1.54, 1.807) is 0 Å². The monoisotopic (exact) mass is 282 g/mol. The van der Waals surface area contributed by atoms with Crippen molar-refractivity contribution in [1.82, 2.24) is 3.97 Å². The normalized spacial score (nSPS) is 16.4. The molecule has 1 aromatic heterocycles. The van der Waals surface area contributed by atoms with Gasteiger partial charge in [0.05, 0.1) is 5.69 Å². The summed E-state index contributed by atoms with van der Waals surface area (Å²) in [5.41, 5.74) is 0.263. The molecule has 1 N–H and O–H groups in total. The van der Waals surface area contributed by atoms with Crippen LogP contribution in [-0.4, -0.2) is 18.3 Å². The molecule has 1 aliphatic rings. The van der Waals surface area contributed by atoms with E-state index < -0.39 is 15.9 Å². The summed E-state index contributed by atoms with van der Waals surface area (Å²) in [4.78, 5) is 11.9. The Kier molecular flexibility index (Phi) is 2.26. The van der Waals surface area contributed by atoms with E-state index >= 15 is 0 Å². The average molecular weight is 283 g/mol. The SMILES string of the molecule is O=C1Nc2cc(Cl)ccc2S(=O)(=O)n2cccc21. The van der Waals surface area contributed by atoms with Crippen LogP contribution in [0.4, 0.5) is 5.69 Å². The summed E-state index contributed by atoms with van der Waals surface area (Å²) in [5, 5.41) is 2.90. The van der Waals surface area contributed by atoms with Crippen molar-refractivity contribution in [1.29, 1.82) is 0 Å². The van der Waals surface area contributed by atoms with E-state index in [0.717, 1.165) is 3.97 Å². The van der Waals surface area contributed by atoms with E-state index in [-0.39, 0.29) is 16.3 Å². The second-order valence-corrected chi connectivity index (χ2v) is 6.01. The number of nitrogens with one attached hydrogen (secondary N) is 1. The van der Waals surface area contributed by atoms with Crippen molar-refractivity contribution in [2.24, 2.45) is 0 Å². The Bertz CT molecular complexity index is 764. The van der Waals surface area contributed by atoms with Crippen LogP contribution in [0.15, 0.2) is 41.4 Å². The first-order valence-electron chi connectivity index (χ1n) is 5.04. The minimum Gasteiger partial charge on any atom is -0.319 e. The zero-order chi connectivity index (χ0) is 12.9. The molecule has 92 valence electrons. The highest BCUT2D eigenvalue weighted by Gasteiger charge is 2.29. The van der Waals surface area contributed by atoms with Gasteiger partial charge in [0.2, 0.25) is 0 Å². The maximum atomic E-state index is 12.4. The lowest BCUT2D eigenvalue weighted by Crippen LogP contribution is -2.16. The molecular weight excluding hydrogens is 276 g/mol. The van der Waals surface area contributed by atoms with Gasteiger partial charge < -0.3 is 5.32 Å². The van der Waals surface area contributed by atoms with Gasteiger partial charge in [-0.2, -0.15) is 0 Å². The van der Waals surface area contributed by atoms with Crippen molar-refractivity contribution in [3.8, 4) is 0 Å². The number of nitrogens with zero attached hydrogens (tertiary/aromatic N) is 1. The Morgan fingerprint density at radius 1 is 1.22 bits per heavy atom. The highest BCUT2D eigenvalue weighted by molar-refractivity contribution is 7.90. The van der Waals surface area contributed by atoms with E-state index in [9.17, 15) is 13.2 Å². The average Bonchev–Trinajstić information content (AvgIpc) is 2.75. The number of halogens is 1. The van der Waals surface area contributed by atoms with Gasteiger partial charge in [0.25, 0.3) is 15.9 Å². The Morgan fingerprint density at radius 3 is 2.78 bits per heavy atom. The zero-order valence-corrected chi connectivity index (χ0v) is 10.5. The number of fused-ring (bicyclic) bond motifs is 2. The maximum absolute atomic E-state index is 12.4. The summed E-state index contributed by atoms with van der Waals surface area (Å²) in [6.45, 7) is 0. The number of amides is 1. The third kappa shape index (κ3) is 1.46. The summed E-state index contributed by atoms with van der Waals surface area (Å²) >= 11 is 5.80. The molecule has 1 aromatic carbocycles. The van der Waals surface area contributed by atoms with Crippen LogP contribution in [0.5, 0.6) is 0 Å². The molecule has 3 rings (SSSR count). The number of hydrogen-bond acceptors (Lipinski definition) is 3. The maximum Gasteiger partial charge on any atom is 0.273 e. The van der Waals surface area contributed by atoms with Gasteiger partial charge in [0.1, 0.15) is 10.6 Å². The number of carbonyl (C=O) groups excluding carboxylic acids is 1. The van der Waals surface area contributed by atoms with Gasteiger partial charge in [-0.3, -0.25) is 4.79 Å². The quantitative estimate of drug-likeness (QED) is 0.803. The fourth-order valence-electron chi connectivity index (χ4n) is 1.87. The highest BCUT2D eigenvalue weighted by atomic mass is 35.5. The molecule has 1 amide bonds. The molecule has 0 spiro atoms. The fourth-order valence-corrected chi connectivity index (χ4v) is 3.51. The molecule has 0 fully saturated rings. The minimum atomic E-state index is -3.77.